The van der Waals surface area contributed by atoms with E-state index in [1.807, 2.05) is 6.92 Å². The zero-order valence-electron chi connectivity index (χ0n) is 20.4. The van der Waals surface area contributed by atoms with Gasteiger partial charge in [-0.15, -0.1) is 11.3 Å². The van der Waals surface area contributed by atoms with Crippen molar-refractivity contribution in [2.75, 3.05) is 25.2 Å². The van der Waals surface area contributed by atoms with Crippen molar-refractivity contribution in [2.45, 2.75) is 32.7 Å². The van der Waals surface area contributed by atoms with Crippen LogP contribution in [0.2, 0.25) is 0 Å². The Morgan fingerprint density at radius 1 is 1.11 bits per heavy atom. The lowest BCUT2D eigenvalue weighted by Gasteiger charge is -2.24. The summed E-state index contributed by atoms with van der Waals surface area (Å²) in [5, 5.41) is 13.4. The molecule has 188 valence electrons. The second-order valence-corrected chi connectivity index (χ2v) is 8.93. The Kier molecular flexibility index (Phi) is 7.90. The van der Waals surface area contributed by atoms with Gasteiger partial charge in [0, 0.05) is 17.1 Å². The smallest absolute Gasteiger partial charge is 0.301 e. The molecule has 0 bridgehead atoms. The molecule has 0 saturated carbocycles. The van der Waals surface area contributed by atoms with Crippen LogP contribution in [0.1, 0.15) is 43.9 Å². The zero-order chi connectivity index (χ0) is 25.7. The summed E-state index contributed by atoms with van der Waals surface area (Å²) < 4.78 is 17.0. The number of unbranched alkanes of at least 4 members (excludes halogenated alkanes) is 1. The number of rotatable bonds is 10. The second kappa shape index (κ2) is 11.3. The van der Waals surface area contributed by atoms with Crippen LogP contribution in [-0.4, -0.2) is 42.1 Å². The molecule has 0 aliphatic carbocycles. The van der Waals surface area contributed by atoms with Crippen LogP contribution >= 0.6 is 11.3 Å². The number of carbonyl (C=O) groups excluding carboxylic acids is 2. The van der Waals surface area contributed by atoms with Gasteiger partial charge < -0.3 is 19.3 Å². The Bertz CT molecular complexity index is 1270. The van der Waals surface area contributed by atoms with Gasteiger partial charge in [-0.1, -0.05) is 31.5 Å². The van der Waals surface area contributed by atoms with E-state index in [1.54, 1.807) is 54.0 Å². The van der Waals surface area contributed by atoms with Gasteiger partial charge in [0.15, 0.2) is 16.6 Å². The maximum absolute atomic E-state index is 13.3. The lowest BCUT2D eigenvalue weighted by atomic mass is 9.95. The predicted octanol–water partition coefficient (Wildman–Crippen LogP) is 5.36. The van der Waals surface area contributed by atoms with Crippen LogP contribution in [0.3, 0.4) is 0 Å². The van der Waals surface area contributed by atoms with E-state index in [0.29, 0.717) is 46.7 Å². The van der Waals surface area contributed by atoms with Crippen molar-refractivity contribution in [1.82, 2.24) is 4.98 Å². The number of carbonyl (C=O) groups is 2. The summed E-state index contributed by atoms with van der Waals surface area (Å²) in [6, 6.07) is 11.1. The Hall–Kier alpha value is -3.85. The van der Waals surface area contributed by atoms with Gasteiger partial charge in [0.25, 0.3) is 5.78 Å². The van der Waals surface area contributed by atoms with Crippen molar-refractivity contribution >= 4 is 33.9 Å². The van der Waals surface area contributed by atoms with E-state index in [0.717, 1.165) is 12.8 Å². The van der Waals surface area contributed by atoms with Gasteiger partial charge in [-0.3, -0.25) is 14.5 Å². The van der Waals surface area contributed by atoms with E-state index in [1.165, 1.54) is 23.3 Å². The van der Waals surface area contributed by atoms with Crippen LogP contribution in [0.5, 0.6) is 17.2 Å². The lowest BCUT2D eigenvalue weighted by Crippen LogP contribution is -2.29. The molecule has 8 nitrogen and oxygen atoms in total. The molecule has 0 radical (unpaired) electrons. The summed E-state index contributed by atoms with van der Waals surface area (Å²) in [6.45, 7) is 4.93. The fourth-order valence-corrected chi connectivity index (χ4v) is 4.70. The molecule has 0 spiro atoms. The third-order valence-electron chi connectivity index (χ3n) is 5.75. The van der Waals surface area contributed by atoms with Crippen molar-refractivity contribution < 1.29 is 28.9 Å². The fourth-order valence-electron chi connectivity index (χ4n) is 4.04. The number of thiazole rings is 1. The highest BCUT2D eigenvalue weighted by Crippen LogP contribution is 2.44. The average molecular weight is 509 g/mol. The third kappa shape index (κ3) is 4.92. The van der Waals surface area contributed by atoms with E-state index in [2.05, 4.69) is 11.9 Å². The zero-order valence-corrected chi connectivity index (χ0v) is 21.2. The van der Waals surface area contributed by atoms with Gasteiger partial charge in [0.05, 0.1) is 31.9 Å². The molecule has 1 N–H and O–H groups in total. The molecule has 4 rings (SSSR count). The Morgan fingerprint density at radius 3 is 2.64 bits per heavy atom. The number of aromatic nitrogens is 1. The fraction of sp³-hybridized carbons (Fsp3) is 0.296. The van der Waals surface area contributed by atoms with Gasteiger partial charge >= 0.3 is 5.91 Å². The number of Topliss-reactive ketones (excluding diaryl/α,β-unsaturated/α-hetero) is 1. The number of aliphatic hydroxyl groups is 1. The Balaban J connectivity index is 1.85. The number of ether oxygens (including phenoxy) is 3. The van der Waals surface area contributed by atoms with Gasteiger partial charge in [-0.25, -0.2) is 4.98 Å². The largest absolute Gasteiger partial charge is 0.507 e. The molecular formula is C27H28N2O6S. The Morgan fingerprint density at radius 2 is 1.94 bits per heavy atom. The van der Waals surface area contributed by atoms with Crippen LogP contribution in [0.4, 0.5) is 5.13 Å². The predicted molar refractivity (Wildman–Crippen MR) is 138 cm³/mol. The van der Waals surface area contributed by atoms with Crippen molar-refractivity contribution in [3.63, 3.8) is 0 Å². The van der Waals surface area contributed by atoms with Crippen LogP contribution < -0.4 is 19.1 Å². The molecular weight excluding hydrogens is 480 g/mol. The van der Waals surface area contributed by atoms with E-state index in [4.69, 9.17) is 14.2 Å². The van der Waals surface area contributed by atoms with E-state index in [-0.39, 0.29) is 11.3 Å². The molecule has 1 unspecified atom stereocenters. The molecule has 9 heteroatoms. The number of amides is 1. The van der Waals surface area contributed by atoms with Gasteiger partial charge in [-0.05, 0) is 43.2 Å². The second-order valence-electron chi connectivity index (χ2n) is 8.06. The summed E-state index contributed by atoms with van der Waals surface area (Å²) in [5.41, 5.74) is 0.909. The number of anilines is 1. The molecule has 3 aromatic rings. The van der Waals surface area contributed by atoms with E-state index in [9.17, 15) is 14.7 Å². The highest BCUT2D eigenvalue weighted by Gasteiger charge is 2.48. The number of methoxy groups -OCH3 is 1. The quantitative estimate of drug-likeness (QED) is 0.170. The molecule has 1 saturated heterocycles. The van der Waals surface area contributed by atoms with E-state index < -0.39 is 17.7 Å². The minimum atomic E-state index is -0.912. The standard InChI is InChI=1S/C27H28N2O6S/c1-4-6-13-35-20-11-10-17(16-21(20)33-3)23-22(24(30)18-8-7-9-19(15-18)34-5-2)25(31)26(32)29(23)27-28-12-14-36-27/h7-12,14-16,23,30H,4-6,13H2,1-3H3/b24-22+. The first-order valence-electron chi connectivity index (χ1n) is 11.7. The topological polar surface area (TPSA) is 98.2 Å². The number of aliphatic hydroxyl groups excluding tert-OH is 1. The minimum Gasteiger partial charge on any atom is -0.507 e. The SMILES string of the molecule is CCCCOc1ccc(C2/C(=C(\O)c3cccc(OCC)c3)C(=O)C(=O)N2c2nccs2)cc1OC. The number of benzene rings is 2. The molecule has 1 aromatic heterocycles. The monoisotopic (exact) mass is 508 g/mol. The van der Waals surface area contributed by atoms with Crippen LogP contribution in [0, 0.1) is 0 Å². The van der Waals surface area contributed by atoms with Crippen LogP contribution in [0.15, 0.2) is 59.6 Å². The summed E-state index contributed by atoms with van der Waals surface area (Å²) in [4.78, 5) is 32.1. The number of hydrogen-bond acceptors (Lipinski definition) is 8. The summed E-state index contributed by atoms with van der Waals surface area (Å²) in [5.74, 6) is -0.280. The molecule has 2 heterocycles. The van der Waals surface area contributed by atoms with Crippen LogP contribution in [-0.2, 0) is 9.59 Å². The molecule has 2 aromatic carbocycles. The molecule has 1 atom stereocenters. The number of hydrogen-bond donors (Lipinski definition) is 1. The molecule has 1 aliphatic rings. The minimum absolute atomic E-state index is 0.0365. The molecule has 1 fully saturated rings. The lowest BCUT2D eigenvalue weighted by molar-refractivity contribution is -0.132. The summed E-state index contributed by atoms with van der Waals surface area (Å²) in [7, 11) is 1.53. The third-order valence-corrected chi connectivity index (χ3v) is 6.52. The number of ketones is 1. The molecule has 1 aliphatic heterocycles. The van der Waals surface area contributed by atoms with Crippen molar-refractivity contribution in [3.8, 4) is 17.2 Å². The van der Waals surface area contributed by atoms with E-state index >= 15 is 0 Å². The van der Waals surface area contributed by atoms with Gasteiger partial charge in [0.2, 0.25) is 0 Å². The first kappa shape index (κ1) is 25.2. The first-order valence-corrected chi connectivity index (χ1v) is 12.6. The van der Waals surface area contributed by atoms with Crippen molar-refractivity contribution in [1.29, 1.82) is 0 Å². The van der Waals surface area contributed by atoms with Gasteiger partial charge in [0.1, 0.15) is 11.5 Å². The normalized spacial score (nSPS) is 16.9. The maximum Gasteiger partial charge on any atom is 0.301 e. The highest BCUT2D eigenvalue weighted by molar-refractivity contribution is 7.14. The van der Waals surface area contributed by atoms with Crippen molar-refractivity contribution in [2.24, 2.45) is 0 Å². The summed E-state index contributed by atoms with van der Waals surface area (Å²) in [6.07, 6.45) is 3.45. The van der Waals surface area contributed by atoms with Gasteiger partial charge in [-0.2, -0.15) is 0 Å². The molecule has 1 amide bonds. The number of nitrogens with zero attached hydrogens (tertiary/aromatic N) is 2. The molecule has 36 heavy (non-hydrogen) atoms. The summed E-state index contributed by atoms with van der Waals surface area (Å²) >= 11 is 1.23. The maximum atomic E-state index is 13.3. The highest BCUT2D eigenvalue weighted by atomic mass is 32.1. The Labute approximate surface area is 213 Å². The average Bonchev–Trinajstić information content (AvgIpc) is 3.51. The van der Waals surface area contributed by atoms with Crippen LogP contribution in [0.25, 0.3) is 5.76 Å². The first-order chi connectivity index (χ1) is 17.5. The van der Waals surface area contributed by atoms with Crippen molar-refractivity contribution in [3.05, 3.63) is 70.7 Å².